The number of rotatable bonds is 7. The minimum atomic E-state index is 0.643. The lowest BCUT2D eigenvalue weighted by molar-refractivity contribution is 0.141. The van der Waals surface area contributed by atoms with Crippen molar-refractivity contribution in [2.75, 3.05) is 20.7 Å². The molecular formula is C22H29N5O2. The zero-order valence-corrected chi connectivity index (χ0v) is 18.0. The topological polar surface area (TPSA) is 83.0 Å². The van der Waals surface area contributed by atoms with Gasteiger partial charge in [-0.05, 0) is 44.9 Å². The molecule has 0 spiro atoms. The third-order valence-electron chi connectivity index (χ3n) is 5.33. The van der Waals surface area contributed by atoms with E-state index in [0.29, 0.717) is 6.54 Å². The molecular weight excluding hydrogens is 366 g/mol. The van der Waals surface area contributed by atoms with E-state index in [1.807, 2.05) is 20.9 Å². The lowest BCUT2D eigenvalue weighted by atomic mass is 9.94. The van der Waals surface area contributed by atoms with Gasteiger partial charge in [-0.15, -0.1) is 0 Å². The minimum Gasteiger partial charge on any atom is -0.496 e. The first kappa shape index (κ1) is 20.7. The van der Waals surface area contributed by atoms with Crippen molar-refractivity contribution in [2.24, 2.45) is 10.1 Å². The SMILES string of the molecule is C=NN/C(C)=C(CC)/C(=N/C)c1c(C)[nH]c2cc(C3=C(C)ONC3)c(OC)cc12. The molecule has 3 rings (SSSR count). The van der Waals surface area contributed by atoms with E-state index in [2.05, 4.69) is 58.7 Å². The number of hydrazone groups is 1. The first-order valence-corrected chi connectivity index (χ1v) is 9.65. The molecule has 0 amide bonds. The average molecular weight is 396 g/mol. The molecule has 0 bridgehead atoms. The van der Waals surface area contributed by atoms with E-state index in [4.69, 9.17) is 9.57 Å². The number of hydrogen-bond donors (Lipinski definition) is 3. The molecule has 29 heavy (non-hydrogen) atoms. The third-order valence-corrected chi connectivity index (χ3v) is 5.33. The van der Waals surface area contributed by atoms with Crippen LogP contribution in [-0.2, 0) is 4.84 Å². The van der Waals surface area contributed by atoms with Crippen LogP contribution in [0.2, 0.25) is 0 Å². The fourth-order valence-corrected chi connectivity index (χ4v) is 3.95. The molecule has 7 heteroatoms. The molecule has 2 aromatic rings. The predicted molar refractivity (Wildman–Crippen MR) is 119 cm³/mol. The molecule has 3 N–H and O–H groups in total. The van der Waals surface area contributed by atoms with Gasteiger partial charge in [0.2, 0.25) is 0 Å². The monoisotopic (exact) mass is 395 g/mol. The van der Waals surface area contributed by atoms with E-state index < -0.39 is 0 Å². The zero-order chi connectivity index (χ0) is 21.1. The van der Waals surface area contributed by atoms with Crippen molar-refractivity contribution in [3.63, 3.8) is 0 Å². The molecule has 0 saturated carbocycles. The van der Waals surface area contributed by atoms with Gasteiger partial charge in [0.1, 0.15) is 11.5 Å². The lowest BCUT2D eigenvalue weighted by Gasteiger charge is -2.14. The maximum atomic E-state index is 5.75. The fraction of sp³-hybridized carbons (Fsp3) is 0.364. The van der Waals surface area contributed by atoms with Gasteiger partial charge in [0, 0.05) is 52.8 Å². The molecule has 0 radical (unpaired) electrons. The number of allylic oxidation sites excluding steroid dienone is 3. The number of methoxy groups -OCH3 is 1. The van der Waals surface area contributed by atoms with E-state index in [1.165, 1.54) is 0 Å². The van der Waals surface area contributed by atoms with Crippen molar-refractivity contribution in [2.45, 2.75) is 34.1 Å². The summed E-state index contributed by atoms with van der Waals surface area (Å²) in [5.41, 5.74) is 14.1. The Kier molecular flexibility index (Phi) is 6.08. The predicted octanol–water partition coefficient (Wildman–Crippen LogP) is 4.06. The summed E-state index contributed by atoms with van der Waals surface area (Å²) in [5, 5.41) is 4.88. The highest BCUT2D eigenvalue weighted by Crippen LogP contribution is 2.37. The molecule has 1 aromatic carbocycles. The standard InChI is InChI=1S/C22H29N5O2/c1-8-15(12(2)27-24-6)22(23-5)21-13(3)26-19-9-16(18-11-25-29-14(18)4)20(28-7)10-17(19)21/h9-10,25-27H,6,8,11H2,1-5,7H3/b15-12+,23-22-. The van der Waals surface area contributed by atoms with Crippen LogP contribution < -0.4 is 15.6 Å². The number of aliphatic imine (C=N–C) groups is 1. The Morgan fingerprint density at radius 2 is 2.10 bits per heavy atom. The largest absolute Gasteiger partial charge is 0.496 e. The van der Waals surface area contributed by atoms with Crippen molar-refractivity contribution >= 4 is 28.9 Å². The van der Waals surface area contributed by atoms with Crippen molar-refractivity contribution in [3.8, 4) is 5.75 Å². The van der Waals surface area contributed by atoms with Crippen LogP contribution in [0.15, 0.2) is 39.3 Å². The van der Waals surface area contributed by atoms with Crippen LogP contribution in [0.25, 0.3) is 16.5 Å². The fourth-order valence-electron chi connectivity index (χ4n) is 3.95. The van der Waals surface area contributed by atoms with Crippen LogP contribution in [0.5, 0.6) is 5.75 Å². The number of fused-ring (bicyclic) bond motifs is 1. The van der Waals surface area contributed by atoms with Crippen LogP contribution in [0, 0.1) is 6.92 Å². The Morgan fingerprint density at radius 3 is 2.66 bits per heavy atom. The first-order valence-electron chi connectivity index (χ1n) is 9.65. The molecule has 0 unspecified atom stereocenters. The number of nitrogens with one attached hydrogen (secondary N) is 3. The number of aromatic nitrogens is 1. The highest BCUT2D eigenvalue weighted by molar-refractivity contribution is 6.20. The Hall–Kier alpha value is -3.06. The van der Waals surface area contributed by atoms with Gasteiger partial charge in [0.25, 0.3) is 0 Å². The van der Waals surface area contributed by atoms with Crippen molar-refractivity contribution in [1.82, 2.24) is 15.9 Å². The first-order chi connectivity index (χ1) is 14.0. The van der Waals surface area contributed by atoms with Gasteiger partial charge in [-0.3, -0.25) is 10.4 Å². The van der Waals surface area contributed by atoms with Gasteiger partial charge in [0.05, 0.1) is 19.4 Å². The summed E-state index contributed by atoms with van der Waals surface area (Å²) in [5.74, 6) is 1.66. The molecule has 0 saturated heterocycles. The smallest absolute Gasteiger partial charge is 0.127 e. The Morgan fingerprint density at radius 1 is 1.34 bits per heavy atom. The molecule has 0 atom stereocenters. The zero-order valence-electron chi connectivity index (χ0n) is 18.0. The Labute approximate surface area is 171 Å². The summed E-state index contributed by atoms with van der Waals surface area (Å²) >= 11 is 0. The molecule has 0 aliphatic carbocycles. The van der Waals surface area contributed by atoms with E-state index >= 15 is 0 Å². The van der Waals surface area contributed by atoms with Crippen molar-refractivity contribution < 1.29 is 9.57 Å². The Balaban J connectivity index is 2.24. The number of aromatic amines is 1. The number of benzene rings is 1. The summed E-state index contributed by atoms with van der Waals surface area (Å²) in [6.07, 6.45) is 0.817. The van der Waals surface area contributed by atoms with Crippen LogP contribution >= 0.6 is 0 Å². The molecule has 2 heterocycles. The van der Waals surface area contributed by atoms with E-state index in [9.17, 15) is 0 Å². The minimum absolute atomic E-state index is 0.643. The summed E-state index contributed by atoms with van der Waals surface area (Å²) in [4.78, 5) is 13.6. The second-order valence-electron chi connectivity index (χ2n) is 6.98. The van der Waals surface area contributed by atoms with Crippen LogP contribution in [0.1, 0.15) is 44.0 Å². The quantitative estimate of drug-likeness (QED) is 0.488. The van der Waals surface area contributed by atoms with Crippen LogP contribution in [0.3, 0.4) is 0 Å². The average Bonchev–Trinajstić information content (AvgIpc) is 3.26. The van der Waals surface area contributed by atoms with Gasteiger partial charge in [-0.2, -0.15) is 10.6 Å². The molecule has 1 aliphatic heterocycles. The number of aryl methyl sites for hydroxylation is 1. The molecule has 154 valence electrons. The third kappa shape index (κ3) is 3.65. The summed E-state index contributed by atoms with van der Waals surface area (Å²) in [7, 11) is 3.51. The molecule has 0 fully saturated rings. The number of ether oxygens (including phenoxy) is 1. The van der Waals surface area contributed by atoms with Gasteiger partial charge in [-0.1, -0.05) is 6.92 Å². The number of hydroxylamine groups is 1. The number of H-pyrrole nitrogens is 1. The maximum Gasteiger partial charge on any atom is 0.127 e. The van der Waals surface area contributed by atoms with E-state index in [0.717, 1.165) is 68.2 Å². The summed E-state index contributed by atoms with van der Waals surface area (Å²) < 4.78 is 5.75. The van der Waals surface area contributed by atoms with Crippen molar-refractivity contribution in [3.05, 3.63) is 46.0 Å². The highest BCUT2D eigenvalue weighted by Gasteiger charge is 2.23. The molecule has 1 aliphatic rings. The number of hydrogen-bond acceptors (Lipinski definition) is 6. The maximum absolute atomic E-state index is 5.75. The Bertz CT molecular complexity index is 1040. The molecule has 1 aromatic heterocycles. The second-order valence-corrected chi connectivity index (χ2v) is 6.98. The van der Waals surface area contributed by atoms with Gasteiger partial charge < -0.3 is 14.6 Å². The normalized spacial score (nSPS) is 15.4. The van der Waals surface area contributed by atoms with E-state index in [1.54, 1.807) is 7.11 Å². The van der Waals surface area contributed by atoms with E-state index in [-0.39, 0.29) is 0 Å². The van der Waals surface area contributed by atoms with Gasteiger partial charge >= 0.3 is 0 Å². The van der Waals surface area contributed by atoms with Gasteiger partial charge in [-0.25, -0.2) is 0 Å². The van der Waals surface area contributed by atoms with Gasteiger partial charge in [0.15, 0.2) is 0 Å². The highest BCUT2D eigenvalue weighted by atomic mass is 16.7. The van der Waals surface area contributed by atoms with Crippen molar-refractivity contribution in [1.29, 1.82) is 0 Å². The summed E-state index contributed by atoms with van der Waals surface area (Å²) in [6, 6.07) is 4.20. The second kappa shape index (κ2) is 8.53. The van der Waals surface area contributed by atoms with Crippen LogP contribution in [-0.4, -0.2) is 38.1 Å². The molecule has 7 nitrogen and oxygen atoms in total. The lowest BCUT2D eigenvalue weighted by Crippen LogP contribution is -2.13. The van der Waals surface area contributed by atoms with Crippen LogP contribution in [0.4, 0.5) is 0 Å². The summed E-state index contributed by atoms with van der Waals surface area (Å²) in [6.45, 7) is 12.3. The number of nitrogens with zero attached hydrogens (tertiary/aromatic N) is 2.